The molecule has 0 saturated carbocycles. The first-order chi connectivity index (χ1) is 19.2. The van der Waals surface area contributed by atoms with E-state index in [9.17, 15) is 35.9 Å². The summed E-state index contributed by atoms with van der Waals surface area (Å²) in [6.07, 6.45) is -10.4. The molecule has 0 spiro atoms. The number of aromatic nitrogens is 3. The summed E-state index contributed by atoms with van der Waals surface area (Å²) < 4.78 is 95.8. The number of aryl methyl sites for hydroxylation is 1. The van der Waals surface area contributed by atoms with Crippen LogP contribution in [0.2, 0.25) is 0 Å². The Morgan fingerprint density at radius 3 is 2.44 bits per heavy atom. The third kappa shape index (κ3) is 5.58. The Labute approximate surface area is 227 Å². The Balaban J connectivity index is 1.34. The van der Waals surface area contributed by atoms with Crippen molar-refractivity contribution >= 4 is 22.6 Å². The number of alkyl halides is 6. The van der Waals surface area contributed by atoms with E-state index in [-0.39, 0.29) is 6.07 Å². The van der Waals surface area contributed by atoms with Crippen LogP contribution in [0.15, 0.2) is 53.3 Å². The molecular weight excluding hydrogens is 559 g/mol. The molecule has 41 heavy (non-hydrogen) atoms. The Morgan fingerprint density at radius 2 is 1.76 bits per heavy atom. The molecule has 1 amide bonds. The van der Waals surface area contributed by atoms with Gasteiger partial charge in [-0.05, 0) is 30.7 Å². The van der Waals surface area contributed by atoms with Gasteiger partial charge >= 0.3 is 12.4 Å². The highest BCUT2D eigenvalue weighted by molar-refractivity contribution is 5.85. The first kappa shape index (κ1) is 28.1. The number of para-hydroxylation sites is 1. The normalized spacial score (nSPS) is 14.3. The number of hydrogen-bond donors (Lipinski definition) is 2. The highest BCUT2D eigenvalue weighted by atomic mass is 19.4. The Hall–Kier alpha value is -4.49. The van der Waals surface area contributed by atoms with Gasteiger partial charge in [0.05, 0.1) is 22.6 Å². The molecule has 1 aliphatic rings. The van der Waals surface area contributed by atoms with Gasteiger partial charge < -0.3 is 15.2 Å². The summed E-state index contributed by atoms with van der Waals surface area (Å²) in [7, 11) is 0. The van der Waals surface area contributed by atoms with E-state index in [0.717, 1.165) is 22.5 Å². The SMILES string of the molecule is Cc1cccc2ccc(N3CC(C(=O)NCc4ccc(C(F)(F)F)c(-c5nc(C(F)(F)F)cc(=O)[nH]5)c4F)C3)nc12. The number of anilines is 1. The average molecular weight is 579 g/mol. The van der Waals surface area contributed by atoms with Gasteiger partial charge in [-0.2, -0.15) is 26.3 Å². The van der Waals surface area contributed by atoms with Gasteiger partial charge in [-0.3, -0.25) is 9.59 Å². The smallest absolute Gasteiger partial charge is 0.355 e. The molecule has 0 unspecified atom stereocenters. The number of halogens is 7. The summed E-state index contributed by atoms with van der Waals surface area (Å²) in [5.74, 6) is -3.16. The summed E-state index contributed by atoms with van der Waals surface area (Å²) in [5, 5.41) is 3.42. The van der Waals surface area contributed by atoms with Crippen molar-refractivity contribution in [3.05, 3.63) is 87.1 Å². The number of rotatable bonds is 5. The number of fused-ring (bicyclic) bond motifs is 1. The summed E-state index contributed by atoms with van der Waals surface area (Å²) in [5.41, 5.74) is -4.83. The van der Waals surface area contributed by atoms with Crippen LogP contribution in [0.25, 0.3) is 22.3 Å². The van der Waals surface area contributed by atoms with Crippen LogP contribution in [0.4, 0.5) is 36.6 Å². The molecule has 0 aliphatic carbocycles. The second kappa shape index (κ2) is 10.2. The topological polar surface area (TPSA) is 91.0 Å². The number of nitrogens with zero attached hydrogens (tertiary/aromatic N) is 3. The van der Waals surface area contributed by atoms with Gasteiger partial charge in [0.15, 0.2) is 5.69 Å². The highest BCUT2D eigenvalue weighted by Gasteiger charge is 2.39. The van der Waals surface area contributed by atoms with Gasteiger partial charge in [-0.15, -0.1) is 0 Å². The van der Waals surface area contributed by atoms with E-state index >= 15 is 4.39 Å². The number of carbonyl (C=O) groups excluding carboxylic acids is 1. The zero-order valence-corrected chi connectivity index (χ0v) is 21.1. The molecule has 4 aromatic rings. The van der Waals surface area contributed by atoms with Gasteiger partial charge in [0, 0.05) is 36.7 Å². The van der Waals surface area contributed by atoms with Crippen LogP contribution in [0, 0.1) is 18.7 Å². The van der Waals surface area contributed by atoms with Gasteiger partial charge in [0.1, 0.15) is 17.5 Å². The fourth-order valence-electron chi connectivity index (χ4n) is 4.56. The predicted molar refractivity (Wildman–Crippen MR) is 134 cm³/mol. The lowest BCUT2D eigenvalue weighted by Crippen LogP contribution is -2.54. The molecule has 0 bridgehead atoms. The predicted octanol–water partition coefficient (Wildman–Crippen LogP) is 5.22. The molecule has 2 N–H and O–H groups in total. The number of nitrogens with one attached hydrogen (secondary N) is 2. The number of H-pyrrole nitrogens is 1. The van der Waals surface area contributed by atoms with Crippen LogP contribution >= 0.6 is 0 Å². The number of benzene rings is 2. The first-order valence-electron chi connectivity index (χ1n) is 12.2. The Bertz CT molecular complexity index is 1710. The summed E-state index contributed by atoms with van der Waals surface area (Å²) in [6, 6.07) is 10.8. The molecule has 7 nitrogen and oxygen atoms in total. The van der Waals surface area contributed by atoms with Gasteiger partial charge in [0.25, 0.3) is 5.56 Å². The molecule has 2 aromatic carbocycles. The third-order valence-electron chi connectivity index (χ3n) is 6.73. The molecule has 3 heterocycles. The molecule has 0 atom stereocenters. The highest BCUT2D eigenvalue weighted by Crippen LogP contribution is 2.39. The van der Waals surface area contributed by atoms with E-state index in [1.165, 1.54) is 0 Å². The van der Waals surface area contributed by atoms with E-state index < -0.39 is 70.3 Å². The zero-order valence-electron chi connectivity index (χ0n) is 21.1. The number of carbonyl (C=O) groups is 1. The lowest BCUT2D eigenvalue weighted by molar-refractivity contribution is -0.141. The first-order valence-corrected chi connectivity index (χ1v) is 12.2. The van der Waals surface area contributed by atoms with Crippen LogP contribution in [-0.4, -0.2) is 33.9 Å². The fraction of sp³-hybridized carbons (Fsp3) is 0.259. The minimum absolute atomic E-state index is 0.0508. The van der Waals surface area contributed by atoms with Crippen molar-refractivity contribution in [2.75, 3.05) is 18.0 Å². The second-order valence-electron chi connectivity index (χ2n) is 9.57. The zero-order chi connectivity index (χ0) is 29.7. The maximum atomic E-state index is 15.4. The quantitative estimate of drug-likeness (QED) is 0.317. The average Bonchev–Trinajstić information content (AvgIpc) is 2.86. The maximum Gasteiger partial charge on any atom is 0.433 e. The Morgan fingerprint density at radius 1 is 1.02 bits per heavy atom. The van der Waals surface area contributed by atoms with E-state index in [1.807, 2.05) is 42.2 Å². The van der Waals surface area contributed by atoms with Crippen molar-refractivity contribution in [2.24, 2.45) is 5.92 Å². The minimum atomic E-state index is -5.19. The van der Waals surface area contributed by atoms with E-state index in [1.54, 1.807) is 4.98 Å². The van der Waals surface area contributed by atoms with Crippen molar-refractivity contribution in [3.63, 3.8) is 0 Å². The monoisotopic (exact) mass is 579 g/mol. The van der Waals surface area contributed by atoms with Crippen LogP contribution in [0.5, 0.6) is 0 Å². The largest absolute Gasteiger partial charge is 0.433 e. The lowest BCUT2D eigenvalue weighted by atomic mass is 9.98. The summed E-state index contributed by atoms with van der Waals surface area (Å²) in [6.45, 7) is 1.97. The van der Waals surface area contributed by atoms with E-state index in [4.69, 9.17) is 0 Å². The second-order valence-corrected chi connectivity index (χ2v) is 9.57. The lowest BCUT2D eigenvalue weighted by Gasteiger charge is -2.39. The molecule has 0 radical (unpaired) electrons. The number of hydrogen-bond acceptors (Lipinski definition) is 5. The molecule has 2 aromatic heterocycles. The van der Waals surface area contributed by atoms with Gasteiger partial charge in [-0.1, -0.05) is 24.3 Å². The molecule has 1 saturated heterocycles. The molecular formula is C27H20F7N5O2. The van der Waals surface area contributed by atoms with Gasteiger partial charge in [0.2, 0.25) is 5.91 Å². The number of amides is 1. The molecule has 14 heteroatoms. The standard InChI is InChI=1S/C27H20F7N5O2/c1-13-3-2-4-14-6-8-19(37-23(13)14)39-11-16(12-39)25(41)35-10-15-5-7-17(26(29,30)31)21(22(15)28)24-36-18(27(32,33)34)9-20(40)38-24/h2-9,16H,10-12H2,1H3,(H,35,41)(H,36,38,40). The summed E-state index contributed by atoms with van der Waals surface area (Å²) in [4.78, 5) is 35.7. The summed E-state index contributed by atoms with van der Waals surface area (Å²) >= 11 is 0. The van der Waals surface area contributed by atoms with Crippen molar-refractivity contribution in [1.82, 2.24) is 20.3 Å². The van der Waals surface area contributed by atoms with Crippen molar-refractivity contribution in [3.8, 4) is 11.4 Å². The van der Waals surface area contributed by atoms with Gasteiger partial charge in [-0.25, -0.2) is 14.4 Å². The molecule has 5 rings (SSSR count). The van der Waals surface area contributed by atoms with E-state index in [2.05, 4.69) is 15.3 Å². The number of aromatic amines is 1. The van der Waals surface area contributed by atoms with Crippen molar-refractivity contribution in [1.29, 1.82) is 0 Å². The number of pyridine rings is 1. The van der Waals surface area contributed by atoms with E-state index in [0.29, 0.717) is 25.0 Å². The van der Waals surface area contributed by atoms with Crippen LogP contribution in [-0.2, 0) is 23.7 Å². The molecule has 1 fully saturated rings. The Kier molecular flexibility index (Phi) is 6.95. The molecule has 1 aliphatic heterocycles. The molecule has 214 valence electrons. The fourth-order valence-corrected chi connectivity index (χ4v) is 4.56. The third-order valence-corrected chi connectivity index (χ3v) is 6.73. The van der Waals surface area contributed by atoms with Crippen molar-refractivity contribution in [2.45, 2.75) is 25.8 Å². The van der Waals surface area contributed by atoms with Crippen molar-refractivity contribution < 1.29 is 35.5 Å². The van der Waals surface area contributed by atoms with Crippen LogP contribution in [0.3, 0.4) is 0 Å². The maximum absolute atomic E-state index is 15.4. The minimum Gasteiger partial charge on any atom is -0.355 e. The van der Waals surface area contributed by atoms with Crippen LogP contribution < -0.4 is 15.8 Å². The van der Waals surface area contributed by atoms with Crippen LogP contribution in [0.1, 0.15) is 22.4 Å².